The van der Waals surface area contributed by atoms with E-state index in [-0.39, 0.29) is 5.92 Å². The summed E-state index contributed by atoms with van der Waals surface area (Å²) in [6, 6.07) is 6.39. The molecule has 0 saturated carbocycles. The molecule has 0 bridgehead atoms. The lowest BCUT2D eigenvalue weighted by molar-refractivity contribution is -0.120. The molecule has 1 aromatic carbocycles. The highest BCUT2D eigenvalue weighted by atomic mass is 16.1. The van der Waals surface area contributed by atoms with Crippen molar-refractivity contribution in [2.24, 2.45) is 5.92 Å². The van der Waals surface area contributed by atoms with Crippen LogP contribution in [0.15, 0.2) is 18.2 Å². The van der Waals surface area contributed by atoms with Gasteiger partial charge in [-0.1, -0.05) is 25.1 Å². The quantitative estimate of drug-likeness (QED) is 0.662. The Balaban J connectivity index is 2.45. The maximum absolute atomic E-state index is 11.4. The number of hydrogen-bond donors (Lipinski definition) is 0. The average molecular weight is 188 g/mol. The van der Waals surface area contributed by atoms with Crippen molar-refractivity contribution in [2.45, 2.75) is 33.1 Å². The summed E-state index contributed by atoms with van der Waals surface area (Å²) in [6.07, 6.45) is 0.943. The lowest BCUT2D eigenvalue weighted by Crippen LogP contribution is -2.13. The van der Waals surface area contributed by atoms with Gasteiger partial charge in [-0.2, -0.15) is 0 Å². The molecule has 0 amide bonds. The number of fused-ring (bicyclic) bond motifs is 1. The molecule has 0 aromatic heterocycles. The molecule has 1 aliphatic rings. The fourth-order valence-corrected chi connectivity index (χ4v) is 2.54. The molecule has 2 unspecified atom stereocenters. The molecule has 0 fully saturated rings. The first-order valence-electron chi connectivity index (χ1n) is 5.20. The van der Waals surface area contributed by atoms with Crippen LogP contribution in [0.2, 0.25) is 0 Å². The number of carbonyl (C=O) groups excluding carboxylic acids is 1. The van der Waals surface area contributed by atoms with Crippen molar-refractivity contribution in [1.29, 1.82) is 0 Å². The fraction of sp³-hybridized carbons (Fsp3) is 0.462. The summed E-state index contributed by atoms with van der Waals surface area (Å²) in [7, 11) is 0. The van der Waals surface area contributed by atoms with Crippen LogP contribution in [0.4, 0.5) is 0 Å². The van der Waals surface area contributed by atoms with E-state index in [0.717, 1.165) is 6.42 Å². The molecule has 1 aliphatic carbocycles. The number of aryl methyl sites for hydroxylation is 1. The van der Waals surface area contributed by atoms with Crippen LogP contribution >= 0.6 is 0 Å². The largest absolute Gasteiger partial charge is 0.300 e. The van der Waals surface area contributed by atoms with Gasteiger partial charge in [0, 0.05) is 5.92 Å². The van der Waals surface area contributed by atoms with Crippen LogP contribution < -0.4 is 0 Å². The topological polar surface area (TPSA) is 17.1 Å². The van der Waals surface area contributed by atoms with Crippen molar-refractivity contribution in [3.05, 3.63) is 34.9 Å². The molecule has 0 heterocycles. The van der Waals surface area contributed by atoms with Gasteiger partial charge in [-0.3, -0.25) is 4.79 Å². The predicted molar refractivity (Wildman–Crippen MR) is 57.5 cm³/mol. The van der Waals surface area contributed by atoms with Crippen LogP contribution in [-0.2, 0) is 11.2 Å². The van der Waals surface area contributed by atoms with Crippen LogP contribution in [-0.4, -0.2) is 5.78 Å². The average Bonchev–Trinajstić information content (AvgIpc) is 2.46. The molecule has 1 nitrogen and oxygen atoms in total. The Bertz CT molecular complexity index is 379. The Morgan fingerprint density at radius 3 is 2.71 bits per heavy atom. The van der Waals surface area contributed by atoms with E-state index in [1.165, 1.54) is 16.7 Å². The number of carbonyl (C=O) groups is 1. The molecular formula is C13H16O. The smallest absolute Gasteiger partial charge is 0.133 e. The zero-order valence-electron chi connectivity index (χ0n) is 9.00. The van der Waals surface area contributed by atoms with E-state index in [2.05, 4.69) is 32.0 Å². The van der Waals surface area contributed by atoms with Crippen molar-refractivity contribution in [3.63, 3.8) is 0 Å². The monoisotopic (exact) mass is 188 g/mol. The molecule has 0 N–H and O–H groups in total. The van der Waals surface area contributed by atoms with E-state index in [4.69, 9.17) is 0 Å². The summed E-state index contributed by atoms with van der Waals surface area (Å²) >= 11 is 0. The van der Waals surface area contributed by atoms with Crippen molar-refractivity contribution in [3.8, 4) is 0 Å². The van der Waals surface area contributed by atoms with E-state index in [1.54, 1.807) is 6.92 Å². The highest BCUT2D eigenvalue weighted by Crippen LogP contribution is 2.39. The van der Waals surface area contributed by atoms with Crippen LogP contribution in [0.5, 0.6) is 0 Å². The van der Waals surface area contributed by atoms with Crippen molar-refractivity contribution < 1.29 is 4.79 Å². The summed E-state index contributed by atoms with van der Waals surface area (Å²) < 4.78 is 0. The van der Waals surface area contributed by atoms with E-state index in [1.807, 2.05) is 0 Å². The SMILES string of the molecule is CC(=O)C1Cc2c(C)cccc2C1C. The van der Waals surface area contributed by atoms with Gasteiger partial charge in [-0.15, -0.1) is 0 Å². The van der Waals surface area contributed by atoms with Crippen LogP contribution in [0.3, 0.4) is 0 Å². The molecule has 1 aromatic rings. The first-order valence-corrected chi connectivity index (χ1v) is 5.20. The normalized spacial score (nSPS) is 24.8. The summed E-state index contributed by atoms with van der Waals surface area (Å²) in [6.45, 7) is 6.01. The second kappa shape index (κ2) is 3.23. The number of hydrogen-bond acceptors (Lipinski definition) is 1. The summed E-state index contributed by atoms with van der Waals surface area (Å²) in [4.78, 5) is 11.4. The van der Waals surface area contributed by atoms with Gasteiger partial charge in [-0.05, 0) is 42.9 Å². The maximum atomic E-state index is 11.4. The minimum absolute atomic E-state index is 0.214. The highest BCUT2D eigenvalue weighted by Gasteiger charge is 2.32. The molecule has 74 valence electrons. The molecule has 0 saturated heterocycles. The summed E-state index contributed by atoms with van der Waals surface area (Å²) in [5.74, 6) is 0.946. The van der Waals surface area contributed by atoms with Crippen LogP contribution in [0.25, 0.3) is 0 Å². The van der Waals surface area contributed by atoms with Gasteiger partial charge in [0.2, 0.25) is 0 Å². The summed E-state index contributed by atoms with van der Waals surface area (Å²) in [5.41, 5.74) is 4.11. The van der Waals surface area contributed by atoms with Crippen molar-refractivity contribution in [2.75, 3.05) is 0 Å². The minimum Gasteiger partial charge on any atom is -0.300 e. The third-order valence-electron chi connectivity index (χ3n) is 3.49. The van der Waals surface area contributed by atoms with E-state index in [0.29, 0.717) is 11.7 Å². The predicted octanol–water partition coefficient (Wildman–Crippen LogP) is 2.86. The molecule has 0 radical (unpaired) electrons. The lowest BCUT2D eigenvalue weighted by atomic mass is 9.92. The standard InChI is InChI=1S/C13H16O/c1-8-5-4-6-11-9(2)13(10(3)14)7-12(8)11/h4-6,9,13H,7H2,1-3H3. The zero-order chi connectivity index (χ0) is 10.3. The Hall–Kier alpha value is -1.11. The minimum atomic E-state index is 0.214. The molecule has 1 heteroatoms. The molecule has 0 spiro atoms. The second-order valence-corrected chi connectivity index (χ2v) is 4.35. The highest BCUT2D eigenvalue weighted by molar-refractivity contribution is 5.81. The Labute approximate surface area is 85.1 Å². The van der Waals surface area contributed by atoms with Gasteiger partial charge in [0.05, 0.1) is 0 Å². The van der Waals surface area contributed by atoms with E-state index < -0.39 is 0 Å². The van der Waals surface area contributed by atoms with E-state index >= 15 is 0 Å². The van der Waals surface area contributed by atoms with Gasteiger partial charge in [0.25, 0.3) is 0 Å². The molecule has 2 atom stereocenters. The number of ketones is 1. The van der Waals surface area contributed by atoms with Gasteiger partial charge >= 0.3 is 0 Å². The van der Waals surface area contributed by atoms with Gasteiger partial charge in [-0.25, -0.2) is 0 Å². The first kappa shape index (κ1) is 9.45. The number of Topliss-reactive ketones (excluding diaryl/α,β-unsaturated/α-hetero) is 1. The van der Waals surface area contributed by atoms with Gasteiger partial charge < -0.3 is 0 Å². The van der Waals surface area contributed by atoms with Gasteiger partial charge in [0.15, 0.2) is 0 Å². The zero-order valence-corrected chi connectivity index (χ0v) is 9.00. The third-order valence-corrected chi connectivity index (χ3v) is 3.49. The van der Waals surface area contributed by atoms with Gasteiger partial charge in [0.1, 0.15) is 5.78 Å². The second-order valence-electron chi connectivity index (χ2n) is 4.35. The molecule has 14 heavy (non-hydrogen) atoms. The first-order chi connectivity index (χ1) is 6.61. The molecule has 0 aliphatic heterocycles. The molecule has 2 rings (SSSR count). The van der Waals surface area contributed by atoms with E-state index in [9.17, 15) is 4.79 Å². The number of rotatable bonds is 1. The number of benzene rings is 1. The fourth-order valence-electron chi connectivity index (χ4n) is 2.54. The Morgan fingerprint density at radius 1 is 1.43 bits per heavy atom. The van der Waals surface area contributed by atoms with Crippen molar-refractivity contribution in [1.82, 2.24) is 0 Å². The Kier molecular flexibility index (Phi) is 2.18. The molecular weight excluding hydrogens is 172 g/mol. The van der Waals surface area contributed by atoms with Crippen LogP contribution in [0.1, 0.15) is 36.5 Å². The Morgan fingerprint density at radius 2 is 2.14 bits per heavy atom. The van der Waals surface area contributed by atoms with Crippen molar-refractivity contribution >= 4 is 5.78 Å². The lowest BCUT2D eigenvalue weighted by Gasteiger charge is -2.11. The third kappa shape index (κ3) is 1.28. The summed E-state index contributed by atoms with van der Waals surface area (Å²) in [5, 5.41) is 0. The maximum Gasteiger partial charge on any atom is 0.133 e. The van der Waals surface area contributed by atoms with Crippen LogP contribution in [0, 0.1) is 12.8 Å².